The number of rotatable bonds is 6. The van der Waals surface area contributed by atoms with Gasteiger partial charge < -0.3 is 15.1 Å². The predicted molar refractivity (Wildman–Crippen MR) is 81.4 cm³/mol. The van der Waals surface area contributed by atoms with Crippen LogP contribution in [0.2, 0.25) is 0 Å². The van der Waals surface area contributed by atoms with Crippen molar-refractivity contribution in [3.05, 3.63) is 36.5 Å². The lowest BCUT2D eigenvalue weighted by Crippen LogP contribution is -2.22. The number of nitrogens with one attached hydrogen (secondary N) is 1. The molecule has 0 spiro atoms. The highest BCUT2D eigenvalue weighted by Gasteiger charge is 2.07. The highest BCUT2D eigenvalue weighted by Crippen LogP contribution is 2.20. The molecule has 0 saturated heterocycles. The van der Waals surface area contributed by atoms with Gasteiger partial charge >= 0.3 is 0 Å². The molecule has 0 unspecified atom stereocenters. The first-order valence-corrected chi connectivity index (χ1v) is 6.54. The Morgan fingerprint density at radius 2 is 1.85 bits per heavy atom. The Balaban J connectivity index is 2.05. The maximum Gasteiger partial charge on any atom is 0.244 e. The molecule has 1 N–H and O–H groups in total. The van der Waals surface area contributed by atoms with Gasteiger partial charge in [0.05, 0.1) is 6.20 Å². The molecule has 0 radical (unpaired) electrons. The van der Waals surface area contributed by atoms with E-state index in [9.17, 15) is 0 Å². The lowest BCUT2D eigenvalue weighted by atomic mass is 10.3. The van der Waals surface area contributed by atoms with Crippen LogP contribution in [-0.2, 0) is 0 Å². The van der Waals surface area contributed by atoms with E-state index in [1.165, 1.54) is 0 Å². The normalized spacial score (nSPS) is 10.6. The van der Waals surface area contributed by atoms with Crippen molar-refractivity contribution in [2.45, 2.75) is 0 Å². The summed E-state index contributed by atoms with van der Waals surface area (Å²) in [5.41, 5.74) is 1.06. The zero-order chi connectivity index (χ0) is 14.4. The van der Waals surface area contributed by atoms with Crippen LogP contribution >= 0.6 is 0 Å². The highest BCUT2D eigenvalue weighted by molar-refractivity contribution is 5.58. The molecule has 0 amide bonds. The van der Waals surface area contributed by atoms with Gasteiger partial charge in [-0.05, 0) is 26.2 Å². The lowest BCUT2D eigenvalue weighted by Gasteiger charge is -2.18. The Bertz CT molecular complexity index is 528. The van der Waals surface area contributed by atoms with Crippen molar-refractivity contribution in [3.63, 3.8) is 0 Å². The molecule has 6 heteroatoms. The second kappa shape index (κ2) is 6.81. The molecule has 1 aromatic carbocycles. The minimum Gasteiger partial charge on any atom is -0.352 e. The molecule has 0 aliphatic rings. The number of benzene rings is 1. The molecule has 0 saturated carbocycles. The topological polar surface area (TPSA) is 57.2 Å². The SMILES string of the molecule is CN(C)CCNc1nncc(N(C)c2ccccc2)n1. The zero-order valence-electron chi connectivity index (χ0n) is 12.1. The van der Waals surface area contributed by atoms with E-state index in [4.69, 9.17) is 0 Å². The van der Waals surface area contributed by atoms with Crippen molar-refractivity contribution in [3.8, 4) is 0 Å². The largest absolute Gasteiger partial charge is 0.352 e. The third kappa shape index (κ3) is 3.89. The van der Waals surface area contributed by atoms with E-state index in [1.54, 1.807) is 6.20 Å². The van der Waals surface area contributed by atoms with E-state index in [0.29, 0.717) is 5.95 Å². The lowest BCUT2D eigenvalue weighted by molar-refractivity contribution is 0.425. The molecule has 1 heterocycles. The smallest absolute Gasteiger partial charge is 0.244 e. The van der Waals surface area contributed by atoms with E-state index in [0.717, 1.165) is 24.6 Å². The van der Waals surface area contributed by atoms with E-state index in [-0.39, 0.29) is 0 Å². The van der Waals surface area contributed by atoms with Crippen molar-refractivity contribution >= 4 is 17.5 Å². The molecule has 106 valence electrons. The van der Waals surface area contributed by atoms with Crippen LogP contribution in [-0.4, -0.2) is 54.3 Å². The fourth-order valence-electron chi connectivity index (χ4n) is 1.71. The van der Waals surface area contributed by atoms with Gasteiger partial charge in [-0.15, -0.1) is 5.10 Å². The summed E-state index contributed by atoms with van der Waals surface area (Å²) in [6.45, 7) is 1.70. The molecule has 20 heavy (non-hydrogen) atoms. The van der Waals surface area contributed by atoms with Crippen LogP contribution in [0.25, 0.3) is 0 Å². The molecule has 0 aliphatic carbocycles. The fraction of sp³-hybridized carbons (Fsp3) is 0.357. The van der Waals surface area contributed by atoms with Gasteiger partial charge in [0.2, 0.25) is 5.95 Å². The van der Waals surface area contributed by atoms with Crippen LogP contribution < -0.4 is 10.2 Å². The molecule has 6 nitrogen and oxygen atoms in total. The Kier molecular flexibility index (Phi) is 4.84. The summed E-state index contributed by atoms with van der Waals surface area (Å²) < 4.78 is 0. The standard InChI is InChI=1S/C14H20N6/c1-19(2)10-9-15-14-17-13(11-16-18-14)20(3)12-7-5-4-6-8-12/h4-8,11H,9-10H2,1-3H3,(H,15,17,18). The Morgan fingerprint density at radius 1 is 1.10 bits per heavy atom. The van der Waals surface area contributed by atoms with Gasteiger partial charge in [-0.2, -0.15) is 10.1 Å². The van der Waals surface area contributed by atoms with Gasteiger partial charge in [-0.1, -0.05) is 18.2 Å². The second-order valence-electron chi connectivity index (χ2n) is 4.76. The van der Waals surface area contributed by atoms with E-state index in [2.05, 4.69) is 25.4 Å². The van der Waals surface area contributed by atoms with Crippen LogP contribution in [0.15, 0.2) is 36.5 Å². The minimum absolute atomic E-state index is 0.548. The first kappa shape index (κ1) is 14.2. The van der Waals surface area contributed by atoms with Crippen molar-refractivity contribution in [2.75, 3.05) is 44.4 Å². The zero-order valence-corrected chi connectivity index (χ0v) is 12.1. The summed E-state index contributed by atoms with van der Waals surface area (Å²) >= 11 is 0. The van der Waals surface area contributed by atoms with Crippen LogP contribution in [0, 0.1) is 0 Å². The number of likely N-dealkylation sites (N-methyl/N-ethyl adjacent to an activating group) is 1. The van der Waals surface area contributed by atoms with Gasteiger partial charge in [0, 0.05) is 25.8 Å². The van der Waals surface area contributed by atoms with E-state index < -0.39 is 0 Å². The molecule has 2 rings (SSSR count). The number of para-hydroxylation sites is 1. The maximum absolute atomic E-state index is 4.47. The number of anilines is 3. The van der Waals surface area contributed by atoms with Gasteiger partial charge in [-0.3, -0.25) is 0 Å². The molecular formula is C14H20N6. The first-order chi connectivity index (χ1) is 9.66. The number of hydrogen-bond donors (Lipinski definition) is 1. The number of nitrogens with zero attached hydrogens (tertiary/aromatic N) is 5. The Morgan fingerprint density at radius 3 is 2.55 bits per heavy atom. The van der Waals surface area contributed by atoms with Crippen molar-refractivity contribution in [1.29, 1.82) is 0 Å². The fourth-order valence-corrected chi connectivity index (χ4v) is 1.71. The maximum atomic E-state index is 4.47. The van der Waals surface area contributed by atoms with Crippen LogP contribution in [0.3, 0.4) is 0 Å². The van der Waals surface area contributed by atoms with Crippen molar-refractivity contribution in [1.82, 2.24) is 20.1 Å². The molecule has 0 atom stereocenters. The summed E-state index contributed by atoms with van der Waals surface area (Å²) in [5, 5.41) is 11.2. The van der Waals surface area contributed by atoms with Crippen LogP contribution in [0.1, 0.15) is 0 Å². The summed E-state index contributed by atoms with van der Waals surface area (Å²) in [4.78, 5) is 8.54. The summed E-state index contributed by atoms with van der Waals surface area (Å²) in [5.74, 6) is 1.31. The van der Waals surface area contributed by atoms with Crippen molar-refractivity contribution < 1.29 is 0 Å². The molecule has 0 bridgehead atoms. The monoisotopic (exact) mass is 272 g/mol. The van der Waals surface area contributed by atoms with E-state index in [1.807, 2.05) is 56.4 Å². The third-order valence-corrected chi connectivity index (χ3v) is 2.88. The van der Waals surface area contributed by atoms with Crippen molar-refractivity contribution in [2.24, 2.45) is 0 Å². The summed E-state index contributed by atoms with van der Waals surface area (Å²) in [7, 11) is 6.02. The van der Waals surface area contributed by atoms with Gasteiger partial charge in [0.25, 0.3) is 0 Å². The van der Waals surface area contributed by atoms with Crippen LogP contribution in [0.5, 0.6) is 0 Å². The molecule has 2 aromatic rings. The third-order valence-electron chi connectivity index (χ3n) is 2.88. The molecule has 1 aromatic heterocycles. The molecule has 0 fully saturated rings. The van der Waals surface area contributed by atoms with Gasteiger partial charge in [-0.25, -0.2) is 0 Å². The number of hydrogen-bond acceptors (Lipinski definition) is 6. The van der Waals surface area contributed by atoms with Gasteiger partial charge in [0.15, 0.2) is 5.82 Å². The molecular weight excluding hydrogens is 252 g/mol. The first-order valence-electron chi connectivity index (χ1n) is 6.54. The Labute approximate surface area is 119 Å². The Hall–Kier alpha value is -2.21. The van der Waals surface area contributed by atoms with Crippen LogP contribution in [0.4, 0.5) is 17.5 Å². The van der Waals surface area contributed by atoms with Gasteiger partial charge in [0.1, 0.15) is 0 Å². The highest BCUT2D eigenvalue weighted by atomic mass is 15.3. The average Bonchev–Trinajstić information content (AvgIpc) is 2.47. The molecule has 0 aliphatic heterocycles. The van der Waals surface area contributed by atoms with E-state index >= 15 is 0 Å². The predicted octanol–water partition coefficient (Wildman–Crippen LogP) is 1.61. The average molecular weight is 272 g/mol. The quantitative estimate of drug-likeness (QED) is 0.862. The minimum atomic E-state index is 0.548. The second-order valence-corrected chi connectivity index (χ2v) is 4.76. The number of aromatic nitrogens is 3. The summed E-state index contributed by atoms with van der Waals surface area (Å²) in [6, 6.07) is 10.0. The summed E-state index contributed by atoms with van der Waals surface area (Å²) in [6.07, 6.45) is 1.66.